The van der Waals surface area contributed by atoms with Gasteiger partial charge in [0, 0.05) is 19.8 Å². The van der Waals surface area contributed by atoms with Crippen LogP contribution >= 0.6 is 0 Å². The van der Waals surface area contributed by atoms with Gasteiger partial charge in [0.15, 0.2) is 0 Å². The smallest absolute Gasteiger partial charge is 0.140 e. The second-order valence-corrected chi connectivity index (χ2v) is 4.04. The van der Waals surface area contributed by atoms with Crippen LogP contribution in [-0.2, 0) is 17.8 Å². The monoisotopic (exact) mass is 240 g/mol. The highest BCUT2D eigenvalue weighted by Gasteiger charge is 2.01. The zero-order valence-electron chi connectivity index (χ0n) is 11.0. The molecule has 0 atom stereocenters. The van der Waals surface area contributed by atoms with E-state index in [1.807, 2.05) is 4.68 Å². The summed E-state index contributed by atoms with van der Waals surface area (Å²) >= 11 is 0. The molecule has 1 aromatic heterocycles. The van der Waals surface area contributed by atoms with Gasteiger partial charge >= 0.3 is 0 Å². The average molecular weight is 240 g/mol. The summed E-state index contributed by atoms with van der Waals surface area (Å²) in [6.07, 6.45) is 4.84. The molecular weight excluding hydrogens is 216 g/mol. The zero-order chi connectivity index (χ0) is 12.3. The highest BCUT2D eigenvalue weighted by molar-refractivity contribution is 4.83. The number of nitrogens with one attached hydrogen (secondary N) is 1. The molecule has 0 aliphatic carbocycles. The van der Waals surface area contributed by atoms with Gasteiger partial charge in [0.05, 0.1) is 6.54 Å². The standard InChI is InChI=1S/C12H24N4O/c1-3-7-16-12(14-11-15-16)10-13-6-5-9-17-8-4-2/h11,13H,3-10H2,1-2H3. The summed E-state index contributed by atoms with van der Waals surface area (Å²) < 4.78 is 7.37. The summed E-state index contributed by atoms with van der Waals surface area (Å²) in [5, 5.41) is 7.55. The van der Waals surface area contributed by atoms with Gasteiger partial charge in [-0.2, -0.15) is 5.10 Å². The highest BCUT2D eigenvalue weighted by Crippen LogP contribution is 1.95. The van der Waals surface area contributed by atoms with Crippen LogP contribution in [0.3, 0.4) is 0 Å². The molecule has 17 heavy (non-hydrogen) atoms. The molecule has 0 aromatic carbocycles. The summed E-state index contributed by atoms with van der Waals surface area (Å²) in [5.41, 5.74) is 0. The number of rotatable bonds is 10. The van der Waals surface area contributed by atoms with Crippen LogP contribution in [0.5, 0.6) is 0 Å². The summed E-state index contributed by atoms with van der Waals surface area (Å²) in [6, 6.07) is 0. The van der Waals surface area contributed by atoms with E-state index < -0.39 is 0 Å². The third-order valence-corrected chi connectivity index (χ3v) is 2.40. The molecule has 0 saturated heterocycles. The van der Waals surface area contributed by atoms with Crippen molar-refractivity contribution in [3.05, 3.63) is 12.2 Å². The van der Waals surface area contributed by atoms with E-state index in [2.05, 4.69) is 29.2 Å². The number of aromatic nitrogens is 3. The number of nitrogens with zero attached hydrogens (tertiary/aromatic N) is 3. The molecule has 0 spiro atoms. The predicted octanol–water partition coefficient (Wildman–Crippen LogP) is 1.59. The van der Waals surface area contributed by atoms with Crippen molar-refractivity contribution in [1.29, 1.82) is 0 Å². The van der Waals surface area contributed by atoms with Gasteiger partial charge in [-0.1, -0.05) is 13.8 Å². The molecule has 1 aromatic rings. The minimum absolute atomic E-state index is 0.785. The first-order valence-corrected chi connectivity index (χ1v) is 6.53. The number of hydrogen-bond acceptors (Lipinski definition) is 4. The maximum Gasteiger partial charge on any atom is 0.140 e. The molecular formula is C12H24N4O. The second kappa shape index (κ2) is 9.13. The van der Waals surface area contributed by atoms with Crippen LogP contribution in [0.15, 0.2) is 6.33 Å². The topological polar surface area (TPSA) is 52.0 Å². The predicted molar refractivity (Wildman–Crippen MR) is 67.7 cm³/mol. The van der Waals surface area contributed by atoms with Gasteiger partial charge in [-0.15, -0.1) is 0 Å². The fourth-order valence-corrected chi connectivity index (χ4v) is 1.57. The summed E-state index contributed by atoms with van der Waals surface area (Å²) in [5.74, 6) is 1.02. The first kappa shape index (κ1) is 14.1. The molecule has 0 unspecified atom stereocenters. The van der Waals surface area contributed by atoms with Crippen LogP contribution in [0.2, 0.25) is 0 Å². The van der Waals surface area contributed by atoms with Crippen molar-refractivity contribution in [1.82, 2.24) is 20.1 Å². The van der Waals surface area contributed by atoms with Crippen molar-refractivity contribution in [2.24, 2.45) is 0 Å². The van der Waals surface area contributed by atoms with Crippen LogP contribution in [0, 0.1) is 0 Å². The Labute approximate surface area is 104 Å². The van der Waals surface area contributed by atoms with Gasteiger partial charge in [-0.3, -0.25) is 0 Å². The Morgan fingerprint density at radius 3 is 2.94 bits per heavy atom. The molecule has 1 rings (SSSR count). The van der Waals surface area contributed by atoms with Crippen molar-refractivity contribution in [2.75, 3.05) is 19.8 Å². The molecule has 0 fully saturated rings. The lowest BCUT2D eigenvalue weighted by atomic mass is 10.4. The first-order valence-electron chi connectivity index (χ1n) is 6.53. The molecule has 0 saturated carbocycles. The minimum atomic E-state index is 0.785. The van der Waals surface area contributed by atoms with E-state index in [4.69, 9.17) is 4.74 Å². The Kier molecular flexibility index (Phi) is 7.58. The summed E-state index contributed by atoms with van der Waals surface area (Å²) in [7, 11) is 0. The lowest BCUT2D eigenvalue weighted by Crippen LogP contribution is -2.20. The number of ether oxygens (including phenoxy) is 1. The lowest BCUT2D eigenvalue weighted by Gasteiger charge is -2.06. The van der Waals surface area contributed by atoms with E-state index in [9.17, 15) is 0 Å². The molecule has 5 heteroatoms. The Balaban J connectivity index is 2.07. The lowest BCUT2D eigenvalue weighted by molar-refractivity contribution is 0.132. The third-order valence-electron chi connectivity index (χ3n) is 2.40. The normalized spacial score (nSPS) is 10.9. The molecule has 0 aliphatic rings. The molecule has 0 aliphatic heterocycles. The van der Waals surface area contributed by atoms with Crippen LogP contribution in [0.4, 0.5) is 0 Å². The Hall–Kier alpha value is -0.940. The van der Waals surface area contributed by atoms with Crippen LogP contribution in [0.25, 0.3) is 0 Å². The number of hydrogen-bond donors (Lipinski definition) is 1. The van der Waals surface area contributed by atoms with E-state index in [0.29, 0.717) is 0 Å². The van der Waals surface area contributed by atoms with Crippen LogP contribution in [0.1, 0.15) is 38.9 Å². The minimum Gasteiger partial charge on any atom is -0.381 e. The quantitative estimate of drug-likeness (QED) is 0.631. The molecule has 1 N–H and O–H groups in total. The Morgan fingerprint density at radius 2 is 2.18 bits per heavy atom. The zero-order valence-corrected chi connectivity index (χ0v) is 11.0. The van der Waals surface area contributed by atoms with Gasteiger partial charge in [-0.25, -0.2) is 9.67 Å². The van der Waals surface area contributed by atoms with E-state index in [0.717, 1.165) is 57.9 Å². The van der Waals surface area contributed by atoms with Crippen molar-refractivity contribution in [3.8, 4) is 0 Å². The van der Waals surface area contributed by atoms with Gasteiger partial charge in [0.25, 0.3) is 0 Å². The van der Waals surface area contributed by atoms with Crippen LogP contribution in [-0.4, -0.2) is 34.5 Å². The van der Waals surface area contributed by atoms with E-state index in [-0.39, 0.29) is 0 Å². The van der Waals surface area contributed by atoms with Gasteiger partial charge in [0.1, 0.15) is 12.2 Å². The molecule has 0 radical (unpaired) electrons. The van der Waals surface area contributed by atoms with Crippen LogP contribution < -0.4 is 5.32 Å². The molecule has 0 amide bonds. The maximum absolute atomic E-state index is 5.41. The van der Waals surface area contributed by atoms with Gasteiger partial charge in [-0.05, 0) is 25.8 Å². The largest absolute Gasteiger partial charge is 0.381 e. The Morgan fingerprint density at radius 1 is 1.29 bits per heavy atom. The van der Waals surface area contributed by atoms with E-state index >= 15 is 0 Å². The Bertz CT molecular complexity index is 288. The van der Waals surface area contributed by atoms with Crippen molar-refractivity contribution < 1.29 is 4.74 Å². The third kappa shape index (κ3) is 5.79. The highest BCUT2D eigenvalue weighted by atomic mass is 16.5. The first-order chi connectivity index (χ1) is 8.38. The SMILES string of the molecule is CCCOCCCNCc1ncnn1CCC. The molecule has 0 bridgehead atoms. The van der Waals surface area contributed by atoms with Crippen molar-refractivity contribution in [3.63, 3.8) is 0 Å². The van der Waals surface area contributed by atoms with Gasteiger partial charge < -0.3 is 10.1 Å². The molecule has 5 nitrogen and oxygen atoms in total. The molecule has 1 heterocycles. The fourth-order valence-electron chi connectivity index (χ4n) is 1.57. The maximum atomic E-state index is 5.41. The van der Waals surface area contributed by atoms with Crippen molar-refractivity contribution in [2.45, 2.75) is 46.2 Å². The summed E-state index contributed by atoms with van der Waals surface area (Å²) in [6.45, 7) is 8.66. The number of aryl methyl sites for hydroxylation is 1. The van der Waals surface area contributed by atoms with Gasteiger partial charge in [0.2, 0.25) is 0 Å². The van der Waals surface area contributed by atoms with Crippen molar-refractivity contribution >= 4 is 0 Å². The molecule has 98 valence electrons. The fraction of sp³-hybridized carbons (Fsp3) is 0.833. The van der Waals surface area contributed by atoms with E-state index in [1.165, 1.54) is 0 Å². The average Bonchev–Trinajstić information content (AvgIpc) is 2.76. The summed E-state index contributed by atoms with van der Waals surface area (Å²) in [4.78, 5) is 4.24. The van der Waals surface area contributed by atoms with E-state index in [1.54, 1.807) is 6.33 Å². The second-order valence-electron chi connectivity index (χ2n) is 4.04.